The fourth-order valence-corrected chi connectivity index (χ4v) is 2.81. The van der Waals surface area contributed by atoms with E-state index in [4.69, 9.17) is 14.2 Å². The number of carbonyl (C=O) groups is 3. The molecule has 1 aromatic heterocycles. The van der Waals surface area contributed by atoms with Crippen molar-refractivity contribution in [1.29, 1.82) is 0 Å². The lowest BCUT2D eigenvalue weighted by molar-refractivity contribution is -0.129. The van der Waals surface area contributed by atoms with Gasteiger partial charge in [0.05, 0.1) is 19.3 Å². The van der Waals surface area contributed by atoms with E-state index in [9.17, 15) is 14.4 Å². The number of rotatable bonds is 8. The average molecular weight is 402 g/mol. The standard InChI is InChI=1S/C21H26N2O6/c1-6-28-21(26)18-12(2)17(13(3)23-18)20(25)29-14(4)19(24)22-11-15-7-9-16(27-5)10-8-15/h7-10,14,23H,6,11H2,1-5H3,(H,22,24)/t14-/m1/s1. The van der Waals surface area contributed by atoms with E-state index in [0.717, 1.165) is 11.3 Å². The van der Waals surface area contributed by atoms with Gasteiger partial charge in [0.1, 0.15) is 11.4 Å². The number of H-pyrrole nitrogens is 1. The third kappa shape index (κ3) is 5.37. The molecule has 1 aromatic carbocycles. The molecule has 1 amide bonds. The van der Waals surface area contributed by atoms with E-state index in [2.05, 4.69) is 10.3 Å². The molecule has 8 nitrogen and oxygen atoms in total. The smallest absolute Gasteiger partial charge is 0.355 e. The van der Waals surface area contributed by atoms with E-state index in [0.29, 0.717) is 17.8 Å². The van der Waals surface area contributed by atoms with E-state index in [1.165, 1.54) is 6.92 Å². The van der Waals surface area contributed by atoms with Crippen molar-refractivity contribution in [1.82, 2.24) is 10.3 Å². The van der Waals surface area contributed by atoms with Gasteiger partial charge in [0, 0.05) is 12.2 Å². The van der Waals surface area contributed by atoms with Crippen LogP contribution in [-0.2, 0) is 20.8 Å². The first-order valence-corrected chi connectivity index (χ1v) is 9.26. The van der Waals surface area contributed by atoms with Gasteiger partial charge in [0.15, 0.2) is 6.10 Å². The zero-order chi connectivity index (χ0) is 21.6. The minimum Gasteiger partial charge on any atom is -0.497 e. The SMILES string of the molecule is CCOC(=O)c1[nH]c(C)c(C(=O)O[C@H](C)C(=O)NCc2ccc(OC)cc2)c1C. The molecule has 8 heteroatoms. The average Bonchev–Trinajstić information content (AvgIpc) is 3.00. The van der Waals surface area contributed by atoms with Gasteiger partial charge in [-0.25, -0.2) is 9.59 Å². The van der Waals surface area contributed by atoms with Gasteiger partial charge in [-0.2, -0.15) is 0 Å². The van der Waals surface area contributed by atoms with Crippen LogP contribution < -0.4 is 10.1 Å². The lowest BCUT2D eigenvalue weighted by Crippen LogP contribution is -2.35. The van der Waals surface area contributed by atoms with Crippen LogP contribution in [0.2, 0.25) is 0 Å². The molecule has 0 aliphatic rings. The molecule has 1 heterocycles. The Kier molecular flexibility index (Phi) is 7.41. The van der Waals surface area contributed by atoms with E-state index in [1.54, 1.807) is 40.0 Å². The molecule has 0 spiro atoms. The summed E-state index contributed by atoms with van der Waals surface area (Å²) in [5.41, 5.74) is 2.21. The summed E-state index contributed by atoms with van der Waals surface area (Å²) >= 11 is 0. The van der Waals surface area contributed by atoms with Crippen LogP contribution in [0.15, 0.2) is 24.3 Å². The van der Waals surface area contributed by atoms with Gasteiger partial charge in [0.2, 0.25) is 0 Å². The quantitative estimate of drug-likeness (QED) is 0.658. The largest absolute Gasteiger partial charge is 0.497 e. The number of aromatic amines is 1. The molecular weight excluding hydrogens is 376 g/mol. The molecule has 0 fully saturated rings. The Hall–Kier alpha value is -3.29. The van der Waals surface area contributed by atoms with Gasteiger partial charge in [0.25, 0.3) is 5.91 Å². The molecule has 2 aromatic rings. The molecule has 29 heavy (non-hydrogen) atoms. The van der Waals surface area contributed by atoms with Crippen molar-refractivity contribution in [2.24, 2.45) is 0 Å². The molecular formula is C21H26N2O6. The second kappa shape index (κ2) is 9.77. The summed E-state index contributed by atoms with van der Waals surface area (Å²) in [6, 6.07) is 7.26. The van der Waals surface area contributed by atoms with Crippen LogP contribution in [0.3, 0.4) is 0 Å². The summed E-state index contributed by atoms with van der Waals surface area (Å²) in [7, 11) is 1.58. The number of hydrogen-bond donors (Lipinski definition) is 2. The Bertz CT molecular complexity index is 885. The highest BCUT2D eigenvalue weighted by Crippen LogP contribution is 2.20. The van der Waals surface area contributed by atoms with E-state index < -0.39 is 23.9 Å². The Balaban J connectivity index is 1.98. The van der Waals surface area contributed by atoms with Gasteiger partial charge in [-0.3, -0.25) is 4.79 Å². The number of hydrogen-bond acceptors (Lipinski definition) is 6. The number of carbonyl (C=O) groups excluding carboxylic acids is 3. The van der Waals surface area contributed by atoms with Gasteiger partial charge in [-0.15, -0.1) is 0 Å². The summed E-state index contributed by atoms with van der Waals surface area (Å²) in [5.74, 6) is -0.927. The van der Waals surface area contributed by atoms with Crippen molar-refractivity contribution in [2.75, 3.05) is 13.7 Å². The van der Waals surface area contributed by atoms with Gasteiger partial charge < -0.3 is 24.5 Å². The van der Waals surface area contributed by atoms with Gasteiger partial charge in [-0.1, -0.05) is 12.1 Å². The molecule has 2 rings (SSSR count). The maximum Gasteiger partial charge on any atom is 0.355 e. The Morgan fingerprint density at radius 2 is 1.76 bits per heavy atom. The van der Waals surface area contributed by atoms with Crippen molar-refractivity contribution in [3.8, 4) is 5.75 Å². The van der Waals surface area contributed by atoms with Crippen LogP contribution in [0.5, 0.6) is 5.75 Å². The first kappa shape index (κ1) is 22.0. The molecule has 0 saturated carbocycles. The first-order valence-electron chi connectivity index (χ1n) is 9.26. The number of amides is 1. The van der Waals surface area contributed by atoms with Crippen molar-refractivity contribution in [2.45, 2.75) is 40.3 Å². The van der Waals surface area contributed by atoms with E-state index in [1.807, 2.05) is 12.1 Å². The topological polar surface area (TPSA) is 107 Å². The molecule has 0 saturated heterocycles. The molecule has 156 valence electrons. The fourth-order valence-electron chi connectivity index (χ4n) is 2.81. The van der Waals surface area contributed by atoms with Crippen LogP contribution in [-0.4, -0.2) is 42.7 Å². The highest BCUT2D eigenvalue weighted by atomic mass is 16.5. The number of aryl methyl sites for hydroxylation is 1. The number of methoxy groups -OCH3 is 1. The monoisotopic (exact) mass is 402 g/mol. The first-order chi connectivity index (χ1) is 13.8. The number of ether oxygens (including phenoxy) is 3. The van der Waals surface area contributed by atoms with Crippen molar-refractivity contribution < 1.29 is 28.6 Å². The Labute approximate surface area is 169 Å². The number of nitrogens with one attached hydrogen (secondary N) is 2. The molecule has 0 aliphatic carbocycles. The van der Waals surface area contributed by atoms with E-state index >= 15 is 0 Å². The summed E-state index contributed by atoms with van der Waals surface area (Å²) in [6.45, 7) is 6.98. The van der Waals surface area contributed by atoms with Crippen molar-refractivity contribution in [3.05, 3.63) is 52.3 Å². The van der Waals surface area contributed by atoms with Crippen LogP contribution in [0.4, 0.5) is 0 Å². The molecule has 2 N–H and O–H groups in total. The molecule has 0 radical (unpaired) electrons. The number of esters is 2. The zero-order valence-corrected chi connectivity index (χ0v) is 17.3. The molecule has 0 aliphatic heterocycles. The zero-order valence-electron chi connectivity index (χ0n) is 17.3. The summed E-state index contributed by atoms with van der Waals surface area (Å²) in [5, 5.41) is 2.72. The Morgan fingerprint density at radius 3 is 2.34 bits per heavy atom. The summed E-state index contributed by atoms with van der Waals surface area (Å²) in [6.07, 6.45) is -1.000. The maximum absolute atomic E-state index is 12.6. The predicted molar refractivity (Wildman–Crippen MR) is 106 cm³/mol. The lowest BCUT2D eigenvalue weighted by Gasteiger charge is -2.14. The fraction of sp³-hybridized carbons (Fsp3) is 0.381. The molecule has 1 atom stereocenters. The minimum atomic E-state index is -1.000. The normalized spacial score (nSPS) is 11.5. The molecule has 0 unspecified atom stereocenters. The summed E-state index contributed by atoms with van der Waals surface area (Å²) in [4.78, 5) is 39.6. The second-order valence-electron chi connectivity index (χ2n) is 6.46. The highest BCUT2D eigenvalue weighted by Gasteiger charge is 2.26. The van der Waals surface area contributed by atoms with Gasteiger partial charge >= 0.3 is 11.9 Å². The third-order valence-electron chi connectivity index (χ3n) is 4.40. The third-order valence-corrected chi connectivity index (χ3v) is 4.40. The van der Waals surface area contributed by atoms with E-state index in [-0.39, 0.29) is 17.9 Å². The lowest BCUT2D eigenvalue weighted by atomic mass is 10.1. The number of aromatic nitrogens is 1. The van der Waals surface area contributed by atoms with Gasteiger partial charge in [-0.05, 0) is 51.0 Å². The highest BCUT2D eigenvalue weighted by molar-refractivity contribution is 5.99. The van der Waals surface area contributed by atoms with Crippen LogP contribution in [0.25, 0.3) is 0 Å². The Morgan fingerprint density at radius 1 is 1.10 bits per heavy atom. The van der Waals surface area contributed by atoms with Crippen LogP contribution in [0, 0.1) is 13.8 Å². The summed E-state index contributed by atoms with van der Waals surface area (Å²) < 4.78 is 15.4. The number of benzene rings is 1. The molecule has 0 bridgehead atoms. The second-order valence-corrected chi connectivity index (χ2v) is 6.46. The predicted octanol–water partition coefficient (Wildman–Crippen LogP) is 2.68. The minimum absolute atomic E-state index is 0.202. The van der Waals surface area contributed by atoms with Crippen molar-refractivity contribution >= 4 is 17.8 Å². The van der Waals surface area contributed by atoms with Crippen LogP contribution in [0.1, 0.15) is 51.5 Å². The van der Waals surface area contributed by atoms with Crippen molar-refractivity contribution in [3.63, 3.8) is 0 Å². The van der Waals surface area contributed by atoms with Crippen LogP contribution >= 0.6 is 0 Å². The maximum atomic E-state index is 12.6.